The van der Waals surface area contributed by atoms with E-state index in [0.717, 1.165) is 12.0 Å². The number of hydrogen-bond acceptors (Lipinski definition) is 2. The van der Waals surface area contributed by atoms with Crippen LogP contribution < -0.4 is 4.74 Å². The van der Waals surface area contributed by atoms with Gasteiger partial charge in [0.25, 0.3) is 0 Å². The fourth-order valence-electron chi connectivity index (χ4n) is 6.07. The second-order valence-corrected chi connectivity index (χ2v) is 10.4. The van der Waals surface area contributed by atoms with Crippen LogP contribution in [-0.2, 0) is 10.2 Å². The van der Waals surface area contributed by atoms with Crippen molar-refractivity contribution in [3.05, 3.63) is 66.2 Å². The molecule has 176 valence electrons. The quantitative estimate of drug-likeness (QED) is 0.158. The monoisotopic (exact) mass is 444 g/mol. The van der Waals surface area contributed by atoms with Gasteiger partial charge < -0.3 is 4.74 Å². The van der Waals surface area contributed by atoms with Gasteiger partial charge in [-0.3, -0.25) is 4.79 Å². The summed E-state index contributed by atoms with van der Waals surface area (Å²) < 4.78 is 5.43. The molecule has 3 aliphatic carbocycles. The SMILES string of the molecule is CCC=CCC(=O)Oc1ccc(-c2ccc(C34CCC(CCCCC)(CC3)CC4)cc2)cc1. The van der Waals surface area contributed by atoms with Crippen molar-refractivity contribution in [1.29, 1.82) is 0 Å². The van der Waals surface area contributed by atoms with Crippen molar-refractivity contribution in [3.8, 4) is 16.9 Å². The minimum atomic E-state index is -0.217. The summed E-state index contributed by atoms with van der Waals surface area (Å²) in [6, 6.07) is 17.2. The van der Waals surface area contributed by atoms with Crippen LogP contribution in [0.4, 0.5) is 0 Å². The summed E-state index contributed by atoms with van der Waals surface area (Å²) in [6.07, 6.45) is 19.1. The van der Waals surface area contributed by atoms with Gasteiger partial charge in [-0.15, -0.1) is 0 Å². The Kier molecular flexibility index (Phi) is 7.73. The summed E-state index contributed by atoms with van der Waals surface area (Å²) in [6.45, 7) is 4.36. The van der Waals surface area contributed by atoms with Crippen molar-refractivity contribution in [3.63, 3.8) is 0 Å². The third-order valence-electron chi connectivity index (χ3n) is 8.32. The Labute approximate surface area is 200 Å². The highest BCUT2D eigenvalue weighted by Gasteiger charge is 2.48. The maximum Gasteiger partial charge on any atom is 0.315 e. The average molecular weight is 445 g/mol. The van der Waals surface area contributed by atoms with Crippen LogP contribution in [0.5, 0.6) is 5.75 Å². The number of carbonyl (C=O) groups excluding carboxylic acids is 1. The number of benzene rings is 2. The number of ether oxygens (including phenoxy) is 1. The van der Waals surface area contributed by atoms with Crippen molar-refractivity contribution in [2.75, 3.05) is 0 Å². The minimum Gasteiger partial charge on any atom is -0.426 e. The van der Waals surface area contributed by atoms with E-state index in [1.54, 1.807) is 5.56 Å². The van der Waals surface area contributed by atoms with E-state index in [-0.39, 0.29) is 5.97 Å². The van der Waals surface area contributed by atoms with Gasteiger partial charge in [-0.25, -0.2) is 0 Å². The van der Waals surface area contributed by atoms with E-state index in [4.69, 9.17) is 4.74 Å². The molecule has 0 amide bonds. The Morgan fingerprint density at radius 1 is 0.818 bits per heavy atom. The molecule has 5 rings (SSSR count). The van der Waals surface area contributed by atoms with Gasteiger partial charge in [-0.2, -0.15) is 0 Å². The van der Waals surface area contributed by atoms with Crippen molar-refractivity contribution in [1.82, 2.24) is 0 Å². The molecular formula is C31H40O2. The number of unbranched alkanes of at least 4 members (excludes halogenated alkanes) is 2. The maximum atomic E-state index is 11.9. The molecule has 3 aliphatic rings. The highest BCUT2D eigenvalue weighted by Crippen LogP contribution is 2.59. The topological polar surface area (TPSA) is 26.3 Å². The summed E-state index contributed by atoms with van der Waals surface area (Å²) in [5.41, 5.74) is 4.99. The number of esters is 1. The van der Waals surface area contributed by atoms with Crippen LogP contribution in [-0.4, -0.2) is 5.97 Å². The lowest BCUT2D eigenvalue weighted by atomic mass is 9.51. The van der Waals surface area contributed by atoms with E-state index in [1.807, 2.05) is 36.4 Å². The number of rotatable bonds is 10. The van der Waals surface area contributed by atoms with Crippen LogP contribution in [0.2, 0.25) is 0 Å². The van der Waals surface area contributed by atoms with Gasteiger partial charge in [-0.1, -0.05) is 81.7 Å². The first-order valence-electron chi connectivity index (χ1n) is 13.1. The number of allylic oxidation sites excluding steroid dienone is 1. The predicted octanol–water partition coefficient (Wildman–Crippen LogP) is 8.79. The molecule has 2 bridgehead atoms. The molecule has 3 saturated carbocycles. The third-order valence-corrected chi connectivity index (χ3v) is 8.32. The van der Waals surface area contributed by atoms with Gasteiger partial charge in [0.05, 0.1) is 6.42 Å². The van der Waals surface area contributed by atoms with Crippen LogP contribution >= 0.6 is 0 Å². The average Bonchev–Trinajstić information content (AvgIpc) is 2.86. The molecule has 0 N–H and O–H groups in total. The molecule has 0 radical (unpaired) electrons. The van der Waals surface area contributed by atoms with Gasteiger partial charge in [0.15, 0.2) is 0 Å². The fraction of sp³-hybridized carbons (Fsp3) is 0.516. The summed E-state index contributed by atoms with van der Waals surface area (Å²) in [4.78, 5) is 11.9. The number of fused-ring (bicyclic) bond motifs is 3. The Bertz CT molecular complexity index is 911. The van der Waals surface area contributed by atoms with Crippen molar-refractivity contribution < 1.29 is 9.53 Å². The minimum absolute atomic E-state index is 0.217. The van der Waals surface area contributed by atoms with Gasteiger partial charge in [-0.05, 0) is 91.0 Å². The Balaban J connectivity index is 1.36. The molecule has 0 heterocycles. The zero-order valence-corrected chi connectivity index (χ0v) is 20.6. The molecule has 33 heavy (non-hydrogen) atoms. The molecule has 0 unspecified atom stereocenters. The molecule has 0 aromatic heterocycles. The normalized spacial score (nSPS) is 24.3. The lowest BCUT2D eigenvalue weighted by Crippen LogP contribution is -2.44. The van der Waals surface area contributed by atoms with E-state index in [1.165, 1.54) is 69.8 Å². The zero-order valence-electron chi connectivity index (χ0n) is 20.6. The second-order valence-electron chi connectivity index (χ2n) is 10.4. The van der Waals surface area contributed by atoms with Crippen molar-refractivity contribution in [2.24, 2.45) is 5.41 Å². The Morgan fingerprint density at radius 3 is 2.00 bits per heavy atom. The van der Waals surface area contributed by atoms with Gasteiger partial charge in [0, 0.05) is 0 Å². The maximum absolute atomic E-state index is 11.9. The summed E-state index contributed by atoms with van der Waals surface area (Å²) in [7, 11) is 0. The van der Waals surface area contributed by atoms with Gasteiger partial charge in [0.2, 0.25) is 0 Å². The highest BCUT2D eigenvalue weighted by molar-refractivity contribution is 5.74. The Hall–Kier alpha value is -2.35. The molecular weight excluding hydrogens is 404 g/mol. The zero-order chi connectivity index (χ0) is 23.2. The first-order valence-corrected chi connectivity index (χ1v) is 13.1. The summed E-state index contributed by atoms with van der Waals surface area (Å²) >= 11 is 0. The molecule has 0 aliphatic heterocycles. The van der Waals surface area contributed by atoms with Crippen molar-refractivity contribution >= 4 is 5.97 Å². The molecule has 0 saturated heterocycles. The Morgan fingerprint density at radius 2 is 1.42 bits per heavy atom. The predicted molar refractivity (Wildman–Crippen MR) is 138 cm³/mol. The van der Waals surface area contributed by atoms with E-state index in [9.17, 15) is 4.79 Å². The lowest BCUT2D eigenvalue weighted by molar-refractivity contribution is -0.133. The van der Waals surface area contributed by atoms with Crippen molar-refractivity contribution in [2.45, 2.75) is 96.3 Å². The van der Waals surface area contributed by atoms with Crippen LogP contribution in [0.1, 0.15) is 96.5 Å². The first-order chi connectivity index (χ1) is 16.1. The molecule has 2 aromatic carbocycles. The van der Waals surface area contributed by atoms with Crippen LogP contribution in [0.15, 0.2) is 60.7 Å². The second kappa shape index (κ2) is 10.7. The lowest BCUT2D eigenvalue weighted by Gasteiger charge is -2.54. The molecule has 2 heteroatoms. The summed E-state index contributed by atoms with van der Waals surface area (Å²) in [5, 5.41) is 0. The van der Waals surface area contributed by atoms with E-state index in [0.29, 0.717) is 23.0 Å². The van der Waals surface area contributed by atoms with E-state index >= 15 is 0 Å². The molecule has 2 nitrogen and oxygen atoms in total. The first kappa shape index (κ1) is 23.8. The highest BCUT2D eigenvalue weighted by atomic mass is 16.5. The number of hydrogen-bond donors (Lipinski definition) is 0. The largest absolute Gasteiger partial charge is 0.426 e. The molecule has 0 spiro atoms. The van der Waals surface area contributed by atoms with E-state index < -0.39 is 0 Å². The van der Waals surface area contributed by atoms with Gasteiger partial charge >= 0.3 is 5.97 Å². The van der Waals surface area contributed by atoms with E-state index in [2.05, 4.69) is 38.1 Å². The van der Waals surface area contributed by atoms with Gasteiger partial charge in [0.1, 0.15) is 5.75 Å². The van der Waals surface area contributed by atoms with Crippen LogP contribution in [0.3, 0.4) is 0 Å². The third kappa shape index (κ3) is 5.60. The smallest absolute Gasteiger partial charge is 0.315 e. The fourth-order valence-corrected chi connectivity index (χ4v) is 6.07. The van der Waals surface area contributed by atoms with Crippen LogP contribution in [0.25, 0.3) is 11.1 Å². The molecule has 3 fully saturated rings. The number of carbonyl (C=O) groups is 1. The van der Waals surface area contributed by atoms with Crippen LogP contribution in [0, 0.1) is 5.41 Å². The molecule has 2 aromatic rings. The summed E-state index contributed by atoms with van der Waals surface area (Å²) in [5.74, 6) is 0.390. The standard InChI is InChI=1S/C31H40O2/c1-3-5-7-9-29(32)33-28-16-12-26(13-17-28)25-10-14-27(15-11-25)31-22-19-30(20-23-31,21-24-31)18-8-6-4-2/h5,7,10-17H,3-4,6,8-9,18-24H2,1-2H3. The molecule has 0 atom stereocenters.